The van der Waals surface area contributed by atoms with E-state index in [1.165, 1.54) is 6.08 Å². The molecule has 0 saturated carbocycles. The van der Waals surface area contributed by atoms with Crippen LogP contribution in [-0.2, 0) is 9.53 Å². The number of nitrogens with zero attached hydrogens (tertiary/aromatic N) is 1. The van der Waals surface area contributed by atoms with Gasteiger partial charge in [0.15, 0.2) is 0 Å². The second-order valence-electron chi connectivity index (χ2n) is 4.75. The fourth-order valence-electron chi connectivity index (χ4n) is 2.06. The molecule has 0 aromatic heterocycles. The van der Waals surface area contributed by atoms with Crippen LogP contribution in [0.3, 0.4) is 0 Å². The number of carbonyl (C=O) groups excluding carboxylic acids is 2. The number of esters is 1. The van der Waals surface area contributed by atoms with Gasteiger partial charge in [0.1, 0.15) is 0 Å². The maximum Gasteiger partial charge on any atom is 0.332 e. The largest absolute Gasteiger partial charge is 0.463 e. The topological polar surface area (TPSA) is 58.6 Å². The molecule has 0 aliphatic heterocycles. The summed E-state index contributed by atoms with van der Waals surface area (Å²) in [5.74, 6) is -0.707. The van der Waals surface area contributed by atoms with Crippen LogP contribution in [0.15, 0.2) is 36.0 Å². The second-order valence-corrected chi connectivity index (χ2v) is 4.75. The summed E-state index contributed by atoms with van der Waals surface area (Å²) in [5.41, 5.74) is 2.09. The van der Waals surface area contributed by atoms with Gasteiger partial charge < -0.3 is 15.0 Å². The van der Waals surface area contributed by atoms with Gasteiger partial charge in [-0.2, -0.15) is 0 Å². The lowest BCUT2D eigenvalue weighted by Crippen LogP contribution is -2.23. The molecule has 1 amide bonds. The smallest absolute Gasteiger partial charge is 0.332 e. The van der Waals surface area contributed by atoms with Crippen LogP contribution in [-0.4, -0.2) is 31.6 Å². The minimum absolute atomic E-state index is 0.246. The zero-order chi connectivity index (χ0) is 16.5. The highest BCUT2D eigenvalue weighted by molar-refractivity contribution is 5.96. The van der Waals surface area contributed by atoms with Gasteiger partial charge >= 0.3 is 5.97 Å². The molecular weight excluding hydrogens is 280 g/mol. The van der Waals surface area contributed by atoms with Crippen molar-refractivity contribution in [2.75, 3.05) is 24.6 Å². The van der Waals surface area contributed by atoms with Crippen molar-refractivity contribution in [3.05, 3.63) is 41.6 Å². The number of hydrogen-bond acceptors (Lipinski definition) is 4. The van der Waals surface area contributed by atoms with E-state index >= 15 is 0 Å². The van der Waals surface area contributed by atoms with Crippen LogP contribution >= 0.6 is 0 Å². The molecule has 1 aromatic carbocycles. The SMILES string of the molecule is CCOC(=O)C=C(C)NC(=O)c1ccc(N(CC)CC)cc1. The van der Waals surface area contributed by atoms with E-state index in [1.54, 1.807) is 26.0 Å². The molecule has 5 heteroatoms. The average Bonchev–Trinajstić information content (AvgIpc) is 2.49. The van der Waals surface area contributed by atoms with Gasteiger partial charge in [0.2, 0.25) is 0 Å². The number of hydrogen-bond donors (Lipinski definition) is 1. The summed E-state index contributed by atoms with van der Waals surface area (Å²) in [6.45, 7) is 9.72. The maximum atomic E-state index is 12.1. The molecule has 1 rings (SSSR count). The summed E-state index contributed by atoms with van der Waals surface area (Å²) in [6, 6.07) is 7.40. The highest BCUT2D eigenvalue weighted by atomic mass is 16.5. The third kappa shape index (κ3) is 5.24. The van der Waals surface area contributed by atoms with Gasteiger partial charge in [-0.05, 0) is 52.0 Å². The van der Waals surface area contributed by atoms with E-state index in [-0.39, 0.29) is 5.91 Å². The number of nitrogens with one attached hydrogen (secondary N) is 1. The van der Waals surface area contributed by atoms with Crippen molar-refractivity contribution in [1.82, 2.24) is 5.32 Å². The number of rotatable bonds is 7. The van der Waals surface area contributed by atoms with Crippen LogP contribution in [0.5, 0.6) is 0 Å². The first-order valence-corrected chi connectivity index (χ1v) is 7.53. The highest BCUT2D eigenvalue weighted by Crippen LogP contribution is 2.15. The van der Waals surface area contributed by atoms with Crippen molar-refractivity contribution in [2.45, 2.75) is 27.7 Å². The first kappa shape index (κ1) is 17.8. The summed E-state index contributed by atoms with van der Waals surface area (Å²) in [7, 11) is 0. The monoisotopic (exact) mass is 304 g/mol. The van der Waals surface area contributed by atoms with Crippen LogP contribution < -0.4 is 10.2 Å². The Labute approximate surface area is 132 Å². The van der Waals surface area contributed by atoms with Crippen molar-refractivity contribution in [1.29, 1.82) is 0 Å². The average molecular weight is 304 g/mol. The molecule has 1 N–H and O–H groups in total. The fourth-order valence-corrected chi connectivity index (χ4v) is 2.06. The molecule has 0 atom stereocenters. The molecule has 0 spiro atoms. The van der Waals surface area contributed by atoms with Crippen LogP contribution in [0.25, 0.3) is 0 Å². The Morgan fingerprint density at radius 1 is 1.14 bits per heavy atom. The first-order valence-electron chi connectivity index (χ1n) is 7.53. The summed E-state index contributed by atoms with van der Waals surface area (Å²) in [6.07, 6.45) is 1.27. The molecule has 0 aliphatic carbocycles. The normalized spacial score (nSPS) is 11.0. The van der Waals surface area contributed by atoms with Gasteiger partial charge in [-0.1, -0.05) is 0 Å². The molecule has 0 radical (unpaired) electrons. The first-order chi connectivity index (χ1) is 10.5. The van der Waals surface area contributed by atoms with Gasteiger partial charge in [-0.15, -0.1) is 0 Å². The van der Waals surface area contributed by atoms with E-state index in [2.05, 4.69) is 24.1 Å². The molecule has 120 valence electrons. The van der Waals surface area contributed by atoms with Crippen molar-refractivity contribution < 1.29 is 14.3 Å². The third-order valence-electron chi connectivity index (χ3n) is 3.19. The quantitative estimate of drug-likeness (QED) is 0.621. The van der Waals surface area contributed by atoms with E-state index in [9.17, 15) is 9.59 Å². The lowest BCUT2D eigenvalue weighted by molar-refractivity contribution is -0.137. The summed E-state index contributed by atoms with van der Waals surface area (Å²) < 4.78 is 4.79. The minimum atomic E-state index is -0.461. The Hall–Kier alpha value is -2.30. The Morgan fingerprint density at radius 3 is 2.23 bits per heavy atom. The van der Waals surface area contributed by atoms with Gasteiger partial charge in [-0.3, -0.25) is 4.79 Å². The fraction of sp³-hybridized carbons (Fsp3) is 0.412. The van der Waals surface area contributed by atoms with E-state index in [4.69, 9.17) is 4.74 Å². The molecule has 0 fully saturated rings. The van der Waals surface area contributed by atoms with Crippen LogP contribution in [0.4, 0.5) is 5.69 Å². The van der Waals surface area contributed by atoms with Crippen molar-refractivity contribution in [3.63, 3.8) is 0 Å². The van der Waals surface area contributed by atoms with Crippen molar-refractivity contribution in [2.24, 2.45) is 0 Å². The third-order valence-corrected chi connectivity index (χ3v) is 3.19. The van der Waals surface area contributed by atoms with E-state index in [0.717, 1.165) is 18.8 Å². The Kier molecular flexibility index (Phi) is 7.16. The van der Waals surface area contributed by atoms with Gasteiger partial charge in [0.25, 0.3) is 5.91 Å². The molecule has 0 unspecified atom stereocenters. The highest BCUT2D eigenvalue weighted by Gasteiger charge is 2.08. The minimum Gasteiger partial charge on any atom is -0.463 e. The van der Waals surface area contributed by atoms with Gasteiger partial charge in [-0.25, -0.2) is 4.79 Å². The summed E-state index contributed by atoms with van der Waals surface area (Å²) in [4.78, 5) is 25.6. The van der Waals surface area contributed by atoms with Crippen LogP contribution in [0.1, 0.15) is 38.1 Å². The Morgan fingerprint density at radius 2 is 1.73 bits per heavy atom. The number of benzene rings is 1. The number of anilines is 1. The zero-order valence-corrected chi connectivity index (χ0v) is 13.7. The molecule has 1 aromatic rings. The summed E-state index contributed by atoms with van der Waals surface area (Å²) in [5, 5.41) is 2.67. The lowest BCUT2D eigenvalue weighted by atomic mass is 10.1. The second kappa shape index (κ2) is 8.87. The van der Waals surface area contributed by atoms with E-state index in [0.29, 0.717) is 17.9 Å². The molecule has 0 heterocycles. The lowest BCUT2D eigenvalue weighted by Gasteiger charge is -2.21. The van der Waals surface area contributed by atoms with E-state index < -0.39 is 5.97 Å². The van der Waals surface area contributed by atoms with Crippen molar-refractivity contribution >= 4 is 17.6 Å². The number of carbonyl (C=O) groups is 2. The molecule has 0 aliphatic rings. The van der Waals surface area contributed by atoms with Crippen molar-refractivity contribution in [3.8, 4) is 0 Å². The molecular formula is C17H24N2O3. The van der Waals surface area contributed by atoms with Crippen LogP contribution in [0, 0.1) is 0 Å². The number of amides is 1. The Bertz CT molecular complexity index is 531. The standard InChI is InChI=1S/C17H24N2O3/c1-5-19(6-2)15-10-8-14(9-11-15)17(21)18-13(4)12-16(20)22-7-3/h8-12H,5-7H2,1-4H3,(H,18,21). The Balaban J connectivity index is 2.72. The molecule has 22 heavy (non-hydrogen) atoms. The van der Waals surface area contributed by atoms with Gasteiger partial charge in [0, 0.05) is 36.1 Å². The van der Waals surface area contributed by atoms with Crippen LogP contribution in [0.2, 0.25) is 0 Å². The maximum absolute atomic E-state index is 12.1. The van der Waals surface area contributed by atoms with Gasteiger partial charge in [0.05, 0.1) is 6.61 Å². The zero-order valence-electron chi connectivity index (χ0n) is 13.7. The van der Waals surface area contributed by atoms with E-state index in [1.807, 2.05) is 12.1 Å². The predicted octanol–water partition coefficient (Wildman–Crippen LogP) is 2.73. The molecule has 0 saturated heterocycles. The number of ether oxygens (including phenoxy) is 1. The molecule has 5 nitrogen and oxygen atoms in total. The number of allylic oxidation sites excluding steroid dienone is 1. The summed E-state index contributed by atoms with van der Waals surface area (Å²) >= 11 is 0. The molecule has 0 bridgehead atoms. The predicted molar refractivity (Wildman–Crippen MR) is 87.9 cm³/mol.